The van der Waals surface area contributed by atoms with Crippen LogP contribution in [0.3, 0.4) is 0 Å². The lowest BCUT2D eigenvalue weighted by Crippen LogP contribution is -2.35. The Morgan fingerprint density at radius 3 is 2.81 bits per heavy atom. The quantitative estimate of drug-likeness (QED) is 0.897. The van der Waals surface area contributed by atoms with E-state index in [4.69, 9.17) is 0 Å². The van der Waals surface area contributed by atoms with E-state index in [0.29, 0.717) is 0 Å². The minimum Gasteiger partial charge on any atom is -0.370 e. The predicted molar refractivity (Wildman–Crippen MR) is 85.5 cm³/mol. The Hall–Kier alpha value is -1.13. The first-order valence-corrected chi connectivity index (χ1v) is 8.56. The first-order chi connectivity index (χ1) is 10.4. The number of anilines is 1. The predicted octanol–water partition coefficient (Wildman–Crippen LogP) is 2.01. The fraction of sp³-hybridized carbons (Fsp3) is 0.706. The lowest BCUT2D eigenvalue weighted by Gasteiger charge is -2.24. The van der Waals surface area contributed by atoms with E-state index >= 15 is 0 Å². The lowest BCUT2D eigenvalue weighted by molar-refractivity contribution is 0.260. The summed E-state index contributed by atoms with van der Waals surface area (Å²) < 4.78 is 0. The summed E-state index contributed by atoms with van der Waals surface area (Å²) in [5.74, 6) is 0. The Labute approximate surface area is 127 Å². The molecular weight excluding hydrogens is 260 g/mol. The van der Waals surface area contributed by atoms with Crippen molar-refractivity contribution in [3.63, 3.8) is 0 Å². The Balaban J connectivity index is 1.37. The first-order valence-electron chi connectivity index (χ1n) is 8.56. The summed E-state index contributed by atoms with van der Waals surface area (Å²) in [5.41, 5.74) is 2.54. The molecule has 0 radical (unpaired) electrons. The van der Waals surface area contributed by atoms with Gasteiger partial charge in [0.2, 0.25) is 0 Å². The average molecular weight is 286 g/mol. The molecule has 3 aliphatic rings. The molecule has 1 N–H and O–H groups in total. The van der Waals surface area contributed by atoms with Crippen LogP contribution in [-0.2, 0) is 6.54 Å². The molecule has 1 aromatic rings. The zero-order chi connectivity index (χ0) is 14.1. The maximum absolute atomic E-state index is 4.51. The second-order valence-electron chi connectivity index (χ2n) is 6.79. The highest BCUT2D eigenvalue weighted by Gasteiger charge is 2.29. The molecule has 3 fully saturated rings. The number of aromatic nitrogens is 1. The minimum absolute atomic E-state index is 0.752. The Morgan fingerprint density at radius 1 is 1.14 bits per heavy atom. The molecule has 1 saturated carbocycles. The molecule has 2 aliphatic heterocycles. The molecule has 0 amide bonds. The van der Waals surface area contributed by atoms with Crippen LogP contribution in [-0.4, -0.2) is 48.1 Å². The van der Waals surface area contributed by atoms with Crippen LogP contribution < -0.4 is 10.2 Å². The van der Waals surface area contributed by atoms with Crippen molar-refractivity contribution in [1.82, 2.24) is 15.2 Å². The molecule has 2 saturated heterocycles. The Kier molecular flexibility index (Phi) is 3.82. The van der Waals surface area contributed by atoms with Crippen LogP contribution >= 0.6 is 0 Å². The molecule has 4 heteroatoms. The molecule has 4 rings (SSSR count). The summed E-state index contributed by atoms with van der Waals surface area (Å²) in [6.45, 7) is 5.93. The molecule has 0 spiro atoms. The second kappa shape index (κ2) is 5.93. The van der Waals surface area contributed by atoms with E-state index in [1.807, 2.05) is 6.20 Å². The van der Waals surface area contributed by atoms with Crippen molar-refractivity contribution in [2.45, 2.75) is 50.7 Å². The van der Waals surface area contributed by atoms with Gasteiger partial charge in [0, 0.05) is 43.6 Å². The standard InChI is InChI=1S/C17H26N4/c1-2-9-20(8-1)17-6-10-21(13-17)16-5-7-18-15(11-16)12-19-14-3-4-14/h5,7,11,14,17,19H,1-4,6,8-10,12-13H2. The molecule has 1 aromatic heterocycles. The third kappa shape index (κ3) is 3.22. The zero-order valence-corrected chi connectivity index (χ0v) is 12.8. The molecule has 4 nitrogen and oxygen atoms in total. The van der Waals surface area contributed by atoms with Crippen LogP contribution in [0, 0.1) is 0 Å². The van der Waals surface area contributed by atoms with Crippen molar-refractivity contribution >= 4 is 5.69 Å². The molecule has 3 heterocycles. The largest absolute Gasteiger partial charge is 0.370 e. The van der Waals surface area contributed by atoms with Gasteiger partial charge < -0.3 is 10.2 Å². The van der Waals surface area contributed by atoms with E-state index in [1.165, 1.54) is 69.7 Å². The lowest BCUT2D eigenvalue weighted by atomic mass is 10.2. The van der Waals surface area contributed by atoms with Crippen LogP contribution in [0.15, 0.2) is 18.3 Å². The van der Waals surface area contributed by atoms with Crippen LogP contribution in [0.4, 0.5) is 5.69 Å². The average Bonchev–Trinajstić information content (AvgIpc) is 3.01. The van der Waals surface area contributed by atoms with Gasteiger partial charge in [0.1, 0.15) is 0 Å². The maximum Gasteiger partial charge on any atom is 0.0562 e. The molecular formula is C17H26N4. The number of pyridine rings is 1. The van der Waals surface area contributed by atoms with Crippen LogP contribution in [0.5, 0.6) is 0 Å². The van der Waals surface area contributed by atoms with Crippen LogP contribution in [0.2, 0.25) is 0 Å². The molecule has 1 aliphatic carbocycles. The van der Waals surface area contributed by atoms with Crippen LogP contribution in [0.25, 0.3) is 0 Å². The normalized spacial score (nSPS) is 26.7. The van der Waals surface area contributed by atoms with Gasteiger partial charge >= 0.3 is 0 Å². The SMILES string of the molecule is c1cc(N2CCC(N3CCCC3)C2)cc(CNC2CC2)n1. The molecule has 0 bridgehead atoms. The van der Waals surface area contributed by atoms with E-state index in [-0.39, 0.29) is 0 Å². The minimum atomic E-state index is 0.752. The third-order valence-corrected chi connectivity index (χ3v) is 5.13. The molecule has 21 heavy (non-hydrogen) atoms. The Morgan fingerprint density at radius 2 is 2.00 bits per heavy atom. The van der Waals surface area contributed by atoms with Gasteiger partial charge in [-0.1, -0.05) is 0 Å². The summed E-state index contributed by atoms with van der Waals surface area (Å²) in [5, 5.41) is 3.55. The number of rotatable bonds is 5. The number of hydrogen-bond donors (Lipinski definition) is 1. The topological polar surface area (TPSA) is 31.4 Å². The van der Waals surface area contributed by atoms with Gasteiger partial charge in [-0.2, -0.15) is 0 Å². The van der Waals surface area contributed by atoms with Crippen LogP contribution in [0.1, 0.15) is 37.8 Å². The summed E-state index contributed by atoms with van der Waals surface area (Å²) in [4.78, 5) is 9.75. The molecule has 114 valence electrons. The number of nitrogens with zero attached hydrogens (tertiary/aromatic N) is 3. The highest BCUT2D eigenvalue weighted by molar-refractivity contribution is 5.47. The van der Waals surface area contributed by atoms with E-state index in [2.05, 4.69) is 32.2 Å². The van der Waals surface area contributed by atoms with E-state index in [1.54, 1.807) is 0 Å². The maximum atomic E-state index is 4.51. The first kappa shape index (κ1) is 13.5. The van der Waals surface area contributed by atoms with Gasteiger partial charge in [-0.25, -0.2) is 0 Å². The monoisotopic (exact) mass is 286 g/mol. The second-order valence-corrected chi connectivity index (χ2v) is 6.79. The summed E-state index contributed by atoms with van der Waals surface area (Å²) in [6.07, 6.45) is 8.75. The Bertz CT molecular complexity index is 479. The fourth-order valence-corrected chi connectivity index (χ4v) is 3.68. The number of hydrogen-bond acceptors (Lipinski definition) is 4. The number of likely N-dealkylation sites (tertiary alicyclic amines) is 1. The van der Waals surface area contributed by atoms with Crippen molar-refractivity contribution in [3.8, 4) is 0 Å². The van der Waals surface area contributed by atoms with Gasteiger partial charge in [-0.05, 0) is 57.3 Å². The summed E-state index contributed by atoms with van der Waals surface area (Å²) in [6, 6.07) is 5.98. The van der Waals surface area contributed by atoms with Crippen molar-refractivity contribution in [1.29, 1.82) is 0 Å². The van der Waals surface area contributed by atoms with Gasteiger partial charge in [0.15, 0.2) is 0 Å². The smallest absolute Gasteiger partial charge is 0.0562 e. The number of nitrogens with one attached hydrogen (secondary N) is 1. The van der Waals surface area contributed by atoms with E-state index in [9.17, 15) is 0 Å². The van der Waals surface area contributed by atoms with Crippen molar-refractivity contribution < 1.29 is 0 Å². The van der Waals surface area contributed by atoms with E-state index < -0.39 is 0 Å². The van der Waals surface area contributed by atoms with E-state index in [0.717, 1.165) is 18.6 Å². The summed E-state index contributed by atoms with van der Waals surface area (Å²) >= 11 is 0. The molecule has 0 aromatic carbocycles. The highest BCUT2D eigenvalue weighted by atomic mass is 15.3. The van der Waals surface area contributed by atoms with Crippen molar-refractivity contribution in [3.05, 3.63) is 24.0 Å². The molecule has 1 unspecified atom stereocenters. The van der Waals surface area contributed by atoms with Gasteiger partial charge in [-0.15, -0.1) is 0 Å². The van der Waals surface area contributed by atoms with Crippen molar-refractivity contribution in [2.24, 2.45) is 0 Å². The van der Waals surface area contributed by atoms with Gasteiger partial charge in [-0.3, -0.25) is 9.88 Å². The zero-order valence-electron chi connectivity index (χ0n) is 12.8. The molecule has 1 atom stereocenters. The van der Waals surface area contributed by atoms with Gasteiger partial charge in [0.05, 0.1) is 5.69 Å². The summed E-state index contributed by atoms with van der Waals surface area (Å²) in [7, 11) is 0. The highest BCUT2D eigenvalue weighted by Crippen LogP contribution is 2.25. The third-order valence-electron chi connectivity index (χ3n) is 5.13. The van der Waals surface area contributed by atoms with Gasteiger partial charge in [0.25, 0.3) is 0 Å². The van der Waals surface area contributed by atoms with Crippen molar-refractivity contribution in [2.75, 3.05) is 31.1 Å². The fourth-order valence-electron chi connectivity index (χ4n) is 3.68.